The van der Waals surface area contributed by atoms with E-state index in [1.807, 2.05) is 30.6 Å². The SMILES string of the molecule is CCC(C)(C)NC(=O)CN1CCN(CC(=O)Nc2ccccc2C(F)(F)F)CC1. The van der Waals surface area contributed by atoms with Crippen LogP contribution in [0.15, 0.2) is 24.3 Å². The molecular formula is C20H29F3N4O2. The number of nitrogens with one attached hydrogen (secondary N) is 2. The molecule has 1 fully saturated rings. The van der Waals surface area contributed by atoms with Crippen molar-refractivity contribution in [2.75, 3.05) is 44.6 Å². The summed E-state index contributed by atoms with van der Waals surface area (Å²) in [5.74, 6) is -0.524. The third-order valence-electron chi connectivity index (χ3n) is 5.07. The molecule has 0 aliphatic carbocycles. The molecule has 0 bridgehead atoms. The first-order chi connectivity index (χ1) is 13.5. The van der Waals surface area contributed by atoms with Gasteiger partial charge >= 0.3 is 6.18 Å². The number of carbonyl (C=O) groups is 2. The van der Waals surface area contributed by atoms with Crippen LogP contribution in [0.4, 0.5) is 18.9 Å². The van der Waals surface area contributed by atoms with Crippen molar-refractivity contribution in [2.24, 2.45) is 0 Å². The quantitative estimate of drug-likeness (QED) is 0.720. The van der Waals surface area contributed by atoms with Crippen LogP contribution in [0.1, 0.15) is 32.8 Å². The van der Waals surface area contributed by atoms with E-state index in [4.69, 9.17) is 0 Å². The standard InChI is InChI=1S/C20H29F3N4O2/c1-4-19(2,3)25-18(29)14-27-11-9-26(10-12-27)13-17(28)24-16-8-6-5-7-15(16)20(21,22)23/h5-8H,4,9-14H2,1-3H3,(H,24,28)(H,25,29). The van der Waals surface area contributed by atoms with Gasteiger partial charge in [-0.3, -0.25) is 19.4 Å². The van der Waals surface area contributed by atoms with Crippen LogP contribution in [0.2, 0.25) is 0 Å². The lowest BCUT2D eigenvalue weighted by Gasteiger charge is -2.34. The van der Waals surface area contributed by atoms with E-state index in [2.05, 4.69) is 10.6 Å². The Kier molecular flexibility index (Phi) is 7.65. The van der Waals surface area contributed by atoms with Crippen LogP contribution in [0, 0.1) is 0 Å². The fourth-order valence-corrected chi connectivity index (χ4v) is 3.05. The zero-order valence-electron chi connectivity index (χ0n) is 17.1. The highest BCUT2D eigenvalue weighted by molar-refractivity contribution is 5.93. The molecule has 162 valence electrons. The predicted molar refractivity (Wildman–Crippen MR) is 105 cm³/mol. The van der Waals surface area contributed by atoms with Crippen molar-refractivity contribution in [1.29, 1.82) is 0 Å². The number of anilines is 1. The lowest BCUT2D eigenvalue weighted by Crippen LogP contribution is -2.53. The molecule has 0 aromatic heterocycles. The third kappa shape index (κ3) is 7.32. The lowest BCUT2D eigenvalue weighted by molar-refractivity contribution is -0.137. The molecule has 0 unspecified atom stereocenters. The van der Waals surface area contributed by atoms with Crippen molar-refractivity contribution >= 4 is 17.5 Å². The van der Waals surface area contributed by atoms with Crippen molar-refractivity contribution in [1.82, 2.24) is 15.1 Å². The highest BCUT2D eigenvalue weighted by atomic mass is 19.4. The van der Waals surface area contributed by atoms with Crippen molar-refractivity contribution in [2.45, 2.75) is 38.9 Å². The molecule has 0 atom stereocenters. The molecule has 6 nitrogen and oxygen atoms in total. The molecule has 2 rings (SSSR count). The highest BCUT2D eigenvalue weighted by Gasteiger charge is 2.33. The van der Waals surface area contributed by atoms with Crippen molar-refractivity contribution < 1.29 is 22.8 Å². The first-order valence-electron chi connectivity index (χ1n) is 9.72. The maximum Gasteiger partial charge on any atom is 0.418 e. The van der Waals surface area contributed by atoms with Gasteiger partial charge in [0, 0.05) is 31.7 Å². The van der Waals surface area contributed by atoms with Gasteiger partial charge in [-0.15, -0.1) is 0 Å². The fourth-order valence-electron chi connectivity index (χ4n) is 3.05. The van der Waals surface area contributed by atoms with Gasteiger partial charge in [-0.2, -0.15) is 13.2 Å². The van der Waals surface area contributed by atoms with Gasteiger partial charge in [0.05, 0.1) is 24.3 Å². The summed E-state index contributed by atoms with van der Waals surface area (Å²) in [6.45, 7) is 8.63. The molecule has 1 heterocycles. The minimum Gasteiger partial charge on any atom is -0.350 e. The van der Waals surface area contributed by atoms with Crippen LogP contribution in [-0.2, 0) is 15.8 Å². The number of carbonyl (C=O) groups excluding carboxylic acids is 2. The van der Waals surface area contributed by atoms with E-state index in [1.54, 1.807) is 0 Å². The summed E-state index contributed by atoms with van der Waals surface area (Å²) in [5, 5.41) is 5.35. The summed E-state index contributed by atoms with van der Waals surface area (Å²) in [4.78, 5) is 28.2. The number of piperazine rings is 1. The van der Waals surface area contributed by atoms with Gasteiger partial charge in [-0.05, 0) is 32.4 Å². The number of hydrogen-bond acceptors (Lipinski definition) is 4. The van der Waals surface area contributed by atoms with E-state index in [0.29, 0.717) is 32.7 Å². The molecule has 0 radical (unpaired) electrons. The Labute approximate surface area is 169 Å². The average molecular weight is 414 g/mol. The Morgan fingerprint density at radius 3 is 2.00 bits per heavy atom. The summed E-state index contributed by atoms with van der Waals surface area (Å²) < 4.78 is 39.1. The Morgan fingerprint density at radius 1 is 0.966 bits per heavy atom. The lowest BCUT2D eigenvalue weighted by atomic mass is 10.0. The number of alkyl halides is 3. The van der Waals surface area contributed by atoms with Gasteiger partial charge in [0.1, 0.15) is 0 Å². The minimum atomic E-state index is -4.53. The van der Waals surface area contributed by atoms with Crippen molar-refractivity contribution in [3.8, 4) is 0 Å². The maximum atomic E-state index is 13.0. The molecule has 0 saturated carbocycles. The molecule has 1 saturated heterocycles. The van der Waals surface area contributed by atoms with Crippen LogP contribution in [0.5, 0.6) is 0 Å². The normalized spacial score (nSPS) is 16.5. The second kappa shape index (κ2) is 9.58. The van der Waals surface area contributed by atoms with Gasteiger partial charge in [-0.1, -0.05) is 19.1 Å². The second-order valence-electron chi connectivity index (χ2n) is 7.93. The van der Waals surface area contributed by atoms with E-state index in [1.165, 1.54) is 18.2 Å². The minimum absolute atomic E-state index is 0.00902. The van der Waals surface area contributed by atoms with Crippen molar-refractivity contribution in [3.05, 3.63) is 29.8 Å². The summed E-state index contributed by atoms with van der Waals surface area (Å²) in [7, 11) is 0. The molecule has 9 heteroatoms. The molecule has 0 spiro atoms. The smallest absolute Gasteiger partial charge is 0.350 e. The zero-order chi connectivity index (χ0) is 21.7. The number of hydrogen-bond donors (Lipinski definition) is 2. The second-order valence-corrected chi connectivity index (χ2v) is 7.93. The third-order valence-corrected chi connectivity index (χ3v) is 5.07. The number of benzene rings is 1. The maximum absolute atomic E-state index is 13.0. The Morgan fingerprint density at radius 2 is 1.48 bits per heavy atom. The highest BCUT2D eigenvalue weighted by Crippen LogP contribution is 2.34. The van der Waals surface area contributed by atoms with E-state index < -0.39 is 17.6 Å². The molecule has 1 aromatic carbocycles. The Bertz CT molecular complexity index is 714. The van der Waals surface area contributed by atoms with Crippen molar-refractivity contribution in [3.63, 3.8) is 0 Å². The molecule has 29 heavy (non-hydrogen) atoms. The Balaban J connectivity index is 1.80. The first kappa shape index (κ1) is 23.2. The van der Waals surface area contributed by atoms with E-state index >= 15 is 0 Å². The molecule has 2 amide bonds. The molecule has 1 aliphatic heterocycles. The van der Waals surface area contributed by atoms with Gasteiger partial charge in [0.25, 0.3) is 0 Å². The van der Waals surface area contributed by atoms with E-state index in [-0.39, 0.29) is 23.7 Å². The van der Waals surface area contributed by atoms with Crippen LogP contribution in [0.25, 0.3) is 0 Å². The summed E-state index contributed by atoms with van der Waals surface area (Å²) >= 11 is 0. The largest absolute Gasteiger partial charge is 0.418 e. The summed E-state index contributed by atoms with van der Waals surface area (Å²) in [6, 6.07) is 4.93. The number of para-hydroxylation sites is 1. The number of amides is 2. The fraction of sp³-hybridized carbons (Fsp3) is 0.600. The van der Waals surface area contributed by atoms with Crippen LogP contribution >= 0.6 is 0 Å². The predicted octanol–water partition coefficient (Wildman–Crippen LogP) is 2.57. The number of halogens is 3. The van der Waals surface area contributed by atoms with Gasteiger partial charge in [-0.25, -0.2) is 0 Å². The molecular weight excluding hydrogens is 385 g/mol. The van der Waals surface area contributed by atoms with Gasteiger partial charge in [0.15, 0.2) is 0 Å². The summed E-state index contributed by atoms with van der Waals surface area (Å²) in [6.07, 6.45) is -3.69. The molecule has 1 aliphatic rings. The topological polar surface area (TPSA) is 64.7 Å². The van der Waals surface area contributed by atoms with Crippen LogP contribution < -0.4 is 10.6 Å². The van der Waals surface area contributed by atoms with E-state index in [0.717, 1.165) is 12.5 Å². The van der Waals surface area contributed by atoms with Gasteiger partial charge < -0.3 is 10.6 Å². The van der Waals surface area contributed by atoms with Crippen LogP contribution in [0.3, 0.4) is 0 Å². The molecule has 1 aromatic rings. The van der Waals surface area contributed by atoms with E-state index in [9.17, 15) is 22.8 Å². The zero-order valence-corrected chi connectivity index (χ0v) is 17.1. The summed E-state index contributed by atoms with van der Waals surface area (Å²) in [5.41, 5.74) is -1.35. The number of nitrogens with zero attached hydrogens (tertiary/aromatic N) is 2. The van der Waals surface area contributed by atoms with Crippen LogP contribution in [-0.4, -0.2) is 66.4 Å². The Hall–Kier alpha value is -2.13. The van der Waals surface area contributed by atoms with Gasteiger partial charge in [0.2, 0.25) is 11.8 Å². The first-order valence-corrected chi connectivity index (χ1v) is 9.72. The average Bonchev–Trinajstić information content (AvgIpc) is 2.62. The monoisotopic (exact) mass is 414 g/mol. The molecule has 2 N–H and O–H groups in total. The number of rotatable bonds is 7.